The molecule has 210 valence electrons. The lowest BCUT2D eigenvalue weighted by atomic mass is 9.78. The van der Waals surface area contributed by atoms with E-state index in [-0.39, 0.29) is 17.9 Å². The summed E-state index contributed by atoms with van der Waals surface area (Å²) in [6, 6.07) is 15.4. The second-order valence-corrected chi connectivity index (χ2v) is 11.4. The van der Waals surface area contributed by atoms with Gasteiger partial charge in [-0.3, -0.25) is 9.59 Å². The van der Waals surface area contributed by atoms with Crippen molar-refractivity contribution in [2.45, 2.75) is 71.8 Å². The van der Waals surface area contributed by atoms with Gasteiger partial charge >= 0.3 is 0 Å². The number of carbonyl (C=O) groups excluding carboxylic acids is 2. The molecule has 0 bridgehead atoms. The van der Waals surface area contributed by atoms with Crippen molar-refractivity contribution >= 4 is 22.7 Å². The highest BCUT2D eigenvalue weighted by Gasteiger charge is 2.34. The van der Waals surface area contributed by atoms with Gasteiger partial charge in [0, 0.05) is 35.2 Å². The van der Waals surface area contributed by atoms with Gasteiger partial charge < -0.3 is 15.2 Å². The van der Waals surface area contributed by atoms with E-state index in [0.717, 1.165) is 42.5 Å². The maximum absolute atomic E-state index is 12.8. The molecule has 1 aromatic heterocycles. The van der Waals surface area contributed by atoms with Crippen LogP contribution in [-0.4, -0.2) is 34.8 Å². The van der Waals surface area contributed by atoms with Gasteiger partial charge in [0.15, 0.2) is 0 Å². The number of rotatable bonds is 6. The third kappa shape index (κ3) is 6.67. The lowest BCUT2D eigenvalue weighted by Crippen LogP contribution is -2.40. The van der Waals surface area contributed by atoms with E-state index in [4.69, 9.17) is 6.42 Å². The minimum atomic E-state index is -0.328. The first kappa shape index (κ1) is 29.2. The summed E-state index contributed by atoms with van der Waals surface area (Å²) in [4.78, 5) is 30.7. The molecule has 1 aliphatic heterocycles. The van der Waals surface area contributed by atoms with E-state index in [0.29, 0.717) is 30.5 Å². The zero-order valence-corrected chi connectivity index (χ0v) is 24.3. The van der Waals surface area contributed by atoms with Gasteiger partial charge in [0.2, 0.25) is 0 Å². The van der Waals surface area contributed by atoms with Gasteiger partial charge in [-0.2, -0.15) is 0 Å². The van der Waals surface area contributed by atoms with Crippen LogP contribution in [0.5, 0.6) is 0 Å². The Morgan fingerprint density at radius 1 is 1.10 bits per heavy atom. The van der Waals surface area contributed by atoms with Crippen LogP contribution in [0.1, 0.15) is 92.5 Å². The fourth-order valence-corrected chi connectivity index (χ4v) is 6.14. The number of fused-ring (bicyclic) bond motifs is 3. The van der Waals surface area contributed by atoms with Crippen LogP contribution in [0.2, 0.25) is 0 Å². The fraction of sp³-hybridized carbons (Fsp3) is 0.429. The molecule has 1 fully saturated rings. The Bertz CT molecular complexity index is 1380. The second kappa shape index (κ2) is 13.5. The molecular weight excluding hydrogens is 494 g/mol. The van der Waals surface area contributed by atoms with Crippen molar-refractivity contribution in [1.82, 2.24) is 15.2 Å². The first-order valence-electron chi connectivity index (χ1n) is 14.8. The number of aromatic amines is 1. The molecule has 2 heterocycles. The van der Waals surface area contributed by atoms with Crippen molar-refractivity contribution in [1.29, 1.82) is 0 Å². The summed E-state index contributed by atoms with van der Waals surface area (Å²) in [6.07, 6.45) is 13.3. The lowest BCUT2D eigenvalue weighted by molar-refractivity contribution is -0.127. The van der Waals surface area contributed by atoms with Crippen LogP contribution in [0, 0.1) is 24.2 Å². The predicted molar refractivity (Wildman–Crippen MR) is 164 cm³/mol. The molecule has 3 unspecified atom stereocenters. The van der Waals surface area contributed by atoms with Gasteiger partial charge in [0.1, 0.15) is 0 Å². The number of unbranched alkanes of at least 4 members (excludes halogenated alkanes) is 1. The number of nitrogens with zero attached hydrogens (tertiary/aromatic N) is 1. The maximum Gasteiger partial charge on any atom is 0.299 e. The number of amides is 2. The molecule has 5 nitrogen and oxygen atoms in total. The standard InChI is InChI=1S/C31H33N3O2.C4H10/c1-4-28(35)34-16-14-26-25-7-5-6-8-27(25)33-29(26)30(34)23-9-11-24(12-10-23)31(36)32-15-13-22-18-20(2)17-21(3)19-22;1-3-4-2/h1,5-12,21-22,30,33H,2,13-19H2,3H3,(H,32,36);3-4H2,1-2H3. The number of aromatic nitrogens is 1. The molecule has 0 spiro atoms. The van der Waals surface area contributed by atoms with Crippen LogP contribution in [-0.2, 0) is 11.2 Å². The minimum absolute atomic E-state index is 0.0734. The van der Waals surface area contributed by atoms with Crippen molar-refractivity contribution in [3.63, 3.8) is 0 Å². The molecule has 2 aliphatic rings. The number of nitrogens with one attached hydrogen (secondary N) is 2. The fourth-order valence-electron chi connectivity index (χ4n) is 6.14. The zero-order valence-electron chi connectivity index (χ0n) is 24.3. The van der Waals surface area contributed by atoms with E-state index >= 15 is 0 Å². The summed E-state index contributed by atoms with van der Waals surface area (Å²) < 4.78 is 0. The smallest absolute Gasteiger partial charge is 0.299 e. The van der Waals surface area contributed by atoms with Gasteiger partial charge in [-0.05, 0) is 79.2 Å². The quantitative estimate of drug-likeness (QED) is 0.258. The van der Waals surface area contributed by atoms with Crippen molar-refractivity contribution in [3.8, 4) is 12.3 Å². The minimum Gasteiger partial charge on any atom is -0.356 e. The van der Waals surface area contributed by atoms with Gasteiger partial charge in [0.25, 0.3) is 11.8 Å². The number of H-pyrrole nitrogens is 1. The molecule has 0 radical (unpaired) electrons. The molecule has 1 saturated carbocycles. The number of carbonyl (C=O) groups is 2. The van der Waals surface area contributed by atoms with E-state index in [1.807, 2.05) is 36.4 Å². The van der Waals surface area contributed by atoms with Crippen molar-refractivity contribution < 1.29 is 9.59 Å². The van der Waals surface area contributed by atoms with E-state index < -0.39 is 0 Å². The Balaban J connectivity index is 0.000000867. The highest BCUT2D eigenvalue weighted by atomic mass is 16.2. The lowest BCUT2D eigenvalue weighted by Gasteiger charge is -2.35. The van der Waals surface area contributed by atoms with Crippen LogP contribution < -0.4 is 5.32 Å². The number of hydrogen-bond acceptors (Lipinski definition) is 2. The molecule has 3 atom stereocenters. The molecule has 5 rings (SSSR count). The highest BCUT2D eigenvalue weighted by molar-refractivity contribution is 5.95. The maximum atomic E-state index is 12.8. The number of para-hydroxylation sites is 1. The van der Waals surface area contributed by atoms with E-state index in [1.54, 1.807) is 4.90 Å². The Morgan fingerprint density at radius 2 is 1.82 bits per heavy atom. The molecule has 2 N–H and O–H groups in total. The number of allylic oxidation sites excluding steroid dienone is 1. The highest BCUT2D eigenvalue weighted by Crippen LogP contribution is 2.38. The van der Waals surface area contributed by atoms with Crippen LogP contribution >= 0.6 is 0 Å². The molecule has 5 heteroatoms. The summed E-state index contributed by atoms with van der Waals surface area (Å²) >= 11 is 0. The molecule has 40 heavy (non-hydrogen) atoms. The summed E-state index contributed by atoms with van der Waals surface area (Å²) in [7, 11) is 0. The molecule has 2 aromatic carbocycles. The Kier molecular flexibility index (Phi) is 9.88. The van der Waals surface area contributed by atoms with E-state index in [1.165, 1.54) is 35.8 Å². The zero-order chi connectivity index (χ0) is 28.6. The van der Waals surface area contributed by atoms with Gasteiger partial charge in [-0.25, -0.2) is 0 Å². The van der Waals surface area contributed by atoms with Gasteiger partial charge in [-0.15, -0.1) is 6.42 Å². The largest absolute Gasteiger partial charge is 0.356 e. The topological polar surface area (TPSA) is 65.2 Å². The van der Waals surface area contributed by atoms with Gasteiger partial charge in [-0.1, -0.05) is 76.1 Å². The summed E-state index contributed by atoms with van der Waals surface area (Å²) in [6.45, 7) is 12.0. The normalized spacial score (nSPS) is 20.2. The Hall–Kier alpha value is -3.78. The van der Waals surface area contributed by atoms with Crippen LogP contribution in [0.15, 0.2) is 60.7 Å². The average molecular weight is 538 g/mol. The molecular formula is C35H43N3O2. The number of benzene rings is 2. The summed E-state index contributed by atoms with van der Waals surface area (Å²) in [5, 5.41) is 4.26. The van der Waals surface area contributed by atoms with Crippen LogP contribution in [0.3, 0.4) is 0 Å². The monoisotopic (exact) mass is 537 g/mol. The van der Waals surface area contributed by atoms with Crippen molar-refractivity contribution in [3.05, 3.63) is 83.1 Å². The SMILES string of the molecule is C#CC(=O)N1CCc2c([nH]c3ccccc23)C1c1ccc(C(=O)NCCC2CC(=C)CC(C)C2)cc1.CCCC. The third-order valence-electron chi connectivity index (χ3n) is 8.20. The molecule has 3 aromatic rings. The average Bonchev–Trinajstić information content (AvgIpc) is 3.34. The number of terminal acetylenes is 1. The predicted octanol–water partition coefficient (Wildman–Crippen LogP) is 7.19. The molecule has 0 saturated heterocycles. The Morgan fingerprint density at radius 3 is 2.50 bits per heavy atom. The van der Waals surface area contributed by atoms with Crippen molar-refractivity contribution in [2.75, 3.05) is 13.1 Å². The summed E-state index contributed by atoms with van der Waals surface area (Å²) in [5.41, 5.74) is 6.14. The Labute approximate surface area is 239 Å². The van der Waals surface area contributed by atoms with Crippen LogP contribution in [0.25, 0.3) is 10.9 Å². The molecule has 2 amide bonds. The van der Waals surface area contributed by atoms with Crippen molar-refractivity contribution in [2.24, 2.45) is 11.8 Å². The van der Waals surface area contributed by atoms with E-state index in [2.05, 4.69) is 55.7 Å². The first-order valence-corrected chi connectivity index (χ1v) is 14.8. The summed E-state index contributed by atoms with van der Waals surface area (Å²) in [5.74, 6) is 3.16. The van der Waals surface area contributed by atoms with Gasteiger partial charge in [0.05, 0.1) is 6.04 Å². The van der Waals surface area contributed by atoms with E-state index in [9.17, 15) is 9.59 Å². The second-order valence-electron chi connectivity index (χ2n) is 11.4. The number of hydrogen-bond donors (Lipinski definition) is 2. The van der Waals surface area contributed by atoms with Crippen LogP contribution in [0.4, 0.5) is 0 Å². The third-order valence-corrected chi connectivity index (χ3v) is 8.20. The molecule has 1 aliphatic carbocycles. The first-order chi connectivity index (χ1) is 19.4.